The molecule has 0 spiro atoms. The van der Waals surface area contributed by atoms with Gasteiger partial charge >= 0.3 is 99.8 Å². The van der Waals surface area contributed by atoms with E-state index in [9.17, 15) is 0 Å². The van der Waals surface area contributed by atoms with E-state index in [-0.39, 0.29) is 20.1 Å². The Hall–Kier alpha value is -4.10. The van der Waals surface area contributed by atoms with Crippen LogP contribution in [0.2, 0.25) is 17.3 Å². The molecular weight excluding hydrogens is 805 g/mol. The van der Waals surface area contributed by atoms with Gasteiger partial charge in [-0.2, -0.15) is 0 Å². The molecular formula is C39H34GeIrN4O-2. The molecule has 4 aromatic carbocycles. The Morgan fingerprint density at radius 1 is 0.783 bits per heavy atom. The molecule has 8 rings (SSSR count). The largest absolute Gasteiger partial charge is 0 e. The van der Waals surface area contributed by atoms with E-state index in [4.69, 9.17) is 9.40 Å². The molecule has 0 fully saturated rings. The van der Waals surface area contributed by atoms with E-state index in [0.29, 0.717) is 5.71 Å². The Kier molecular flexibility index (Phi) is 8.97. The van der Waals surface area contributed by atoms with E-state index in [1.54, 1.807) is 0 Å². The summed E-state index contributed by atoms with van der Waals surface area (Å²) in [6.45, 7) is 4.93. The Bertz CT molecular complexity index is 2300. The molecule has 5 nitrogen and oxygen atoms in total. The molecule has 4 aromatic heterocycles. The number of benzene rings is 4. The quantitative estimate of drug-likeness (QED) is 0.131. The van der Waals surface area contributed by atoms with Gasteiger partial charge in [0.05, 0.1) is 22.4 Å². The predicted molar refractivity (Wildman–Crippen MR) is 188 cm³/mol. The van der Waals surface area contributed by atoms with Crippen LogP contribution in [0.3, 0.4) is 0 Å². The molecule has 0 aliphatic rings. The van der Waals surface area contributed by atoms with Gasteiger partial charge in [-0.15, -0.1) is 18.2 Å². The molecule has 1 radical (unpaired) electrons. The SMILES string of the molecule is CCn1c(-c2[c-]ccc3c2oc2nc(C)ccc23)nc2ccc3ccccc3c21.[CH3][Ge]([CH3])([CH3])[c]1ccc(-c2[c-]cccc2)nc1.[Ir]. The zero-order valence-corrected chi connectivity index (χ0v) is 31.0. The molecule has 231 valence electrons. The van der Waals surface area contributed by atoms with Gasteiger partial charge in [-0.25, -0.2) is 4.98 Å². The van der Waals surface area contributed by atoms with Crippen LogP contribution in [0.25, 0.3) is 66.5 Å². The Labute approximate surface area is 285 Å². The summed E-state index contributed by atoms with van der Waals surface area (Å²) in [5.41, 5.74) is 7.47. The molecule has 46 heavy (non-hydrogen) atoms. The van der Waals surface area contributed by atoms with E-state index in [1.165, 1.54) is 15.2 Å². The second-order valence-electron chi connectivity index (χ2n) is 12.3. The summed E-state index contributed by atoms with van der Waals surface area (Å²) in [5.74, 6) is 8.02. The van der Waals surface area contributed by atoms with Gasteiger partial charge in [-0.1, -0.05) is 41.3 Å². The maximum atomic E-state index is 6.21. The van der Waals surface area contributed by atoms with Gasteiger partial charge in [0, 0.05) is 43.1 Å². The van der Waals surface area contributed by atoms with Gasteiger partial charge in [-0.3, -0.25) is 4.98 Å². The van der Waals surface area contributed by atoms with E-state index < -0.39 is 13.3 Å². The van der Waals surface area contributed by atoms with E-state index in [2.05, 4.69) is 105 Å². The molecule has 0 amide bonds. The summed E-state index contributed by atoms with van der Waals surface area (Å²) in [6.07, 6.45) is 2.04. The van der Waals surface area contributed by atoms with Crippen LogP contribution in [0.15, 0.2) is 108 Å². The first-order valence-electron chi connectivity index (χ1n) is 15.3. The molecule has 0 atom stereocenters. The minimum absolute atomic E-state index is 0. The van der Waals surface area contributed by atoms with Crippen molar-refractivity contribution in [2.75, 3.05) is 0 Å². The number of nitrogens with zero attached hydrogens (tertiary/aromatic N) is 4. The monoisotopic (exact) mass is 841 g/mol. The van der Waals surface area contributed by atoms with Crippen LogP contribution in [-0.4, -0.2) is 32.8 Å². The third-order valence-corrected chi connectivity index (χ3v) is 12.5. The predicted octanol–water partition coefficient (Wildman–Crippen LogP) is 9.37. The van der Waals surface area contributed by atoms with Gasteiger partial charge < -0.3 is 8.98 Å². The minimum Gasteiger partial charge on any atom is 0 e. The number of aromatic nitrogens is 4. The van der Waals surface area contributed by atoms with E-state index in [1.807, 2.05) is 55.6 Å². The minimum atomic E-state index is -1.72. The number of fused-ring (bicyclic) bond motifs is 6. The van der Waals surface area contributed by atoms with Gasteiger partial charge in [0.2, 0.25) is 5.71 Å². The average Bonchev–Trinajstić information content (AvgIpc) is 3.63. The maximum Gasteiger partial charge on any atom is 0 e. The first kappa shape index (κ1) is 31.9. The number of imidazole rings is 1. The van der Waals surface area contributed by atoms with Crippen LogP contribution in [0, 0.1) is 19.1 Å². The molecule has 0 aliphatic heterocycles. The first-order valence-corrected chi connectivity index (χ1v) is 22.7. The smallest absolute Gasteiger partial charge is 0 e. The van der Waals surface area contributed by atoms with Crippen molar-refractivity contribution < 1.29 is 24.5 Å². The van der Waals surface area contributed by atoms with Crippen molar-refractivity contribution in [2.45, 2.75) is 37.7 Å². The molecule has 0 aliphatic carbocycles. The third kappa shape index (κ3) is 5.93. The van der Waals surface area contributed by atoms with Crippen LogP contribution in [-0.2, 0) is 26.7 Å². The van der Waals surface area contributed by atoms with Crippen molar-refractivity contribution in [3.05, 3.63) is 121 Å². The topological polar surface area (TPSA) is 56.7 Å². The average molecular weight is 840 g/mol. The third-order valence-electron chi connectivity index (χ3n) is 8.22. The molecule has 0 saturated heterocycles. The van der Waals surface area contributed by atoms with Crippen molar-refractivity contribution in [3.8, 4) is 22.6 Å². The fourth-order valence-electron chi connectivity index (χ4n) is 5.83. The Morgan fingerprint density at radius 3 is 2.35 bits per heavy atom. The number of furan rings is 1. The molecule has 0 N–H and O–H groups in total. The number of aryl methyl sites for hydroxylation is 2. The van der Waals surface area contributed by atoms with E-state index >= 15 is 0 Å². The molecule has 8 aromatic rings. The summed E-state index contributed by atoms with van der Waals surface area (Å²) in [5, 5.41) is 4.48. The number of hydrogen-bond acceptors (Lipinski definition) is 4. The Morgan fingerprint density at radius 2 is 1.61 bits per heavy atom. The van der Waals surface area contributed by atoms with Crippen LogP contribution >= 0.6 is 0 Å². The van der Waals surface area contributed by atoms with Crippen molar-refractivity contribution in [1.29, 1.82) is 0 Å². The standard InChI is InChI=1S/C25H18N3O.C14H16GeN.Ir/c1-3-28-22-17-8-5-4-7-16(17)12-14-21(22)27-24(28)20-10-6-9-18-19-13-11-15(2)26-25(19)29-23(18)20;1-15(2,3)13-9-10-14(16-11-13)12-7-5-4-6-8-12;/h4-9,11-14H,3H2,1-2H3;4-7,9-11H,1-3H3;/q2*-1;. The van der Waals surface area contributed by atoms with Gasteiger partial charge in [0.25, 0.3) is 0 Å². The summed E-state index contributed by atoms with van der Waals surface area (Å²) < 4.78 is 9.91. The molecule has 0 bridgehead atoms. The van der Waals surface area contributed by atoms with E-state index in [0.717, 1.165) is 62.3 Å². The number of pyridine rings is 2. The fourth-order valence-corrected chi connectivity index (χ4v) is 8.00. The molecule has 0 unspecified atom stereocenters. The molecule has 4 heterocycles. The normalized spacial score (nSPS) is 11.5. The van der Waals surface area contributed by atoms with Crippen LogP contribution < -0.4 is 4.40 Å². The fraction of sp³-hybridized carbons (Fsp3) is 0.154. The second kappa shape index (κ2) is 13.0. The summed E-state index contributed by atoms with van der Waals surface area (Å²) in [6, 6.07) is 39.6. The van der Waals surface area contributed by atoms with Gasteiger partial charge in [0.15, 0.2) is 0 Å². The van der Waals surface area contributed by atoms with Crippen molar-refractivity contribution >= 4 is 61.5 Å². The zero-order chi connectivity index (χ0) is 31.1. The number of hydrogen-bond donors (Lipinski definition) is 0. The summed E-state index contributed by atoms with van der Waals surface area (Å²) in [4.78, 5) is 14.1. The summed E-state index contributed by atoms with van der Waals surface area (Å²) in [7, 11) is 0. The van der Waals surface area contributed by atoms with Gasteiger partial charge in [0.1, 0.15) is 0 Å². The van der Waals surface area contributed by atoms with Crippen LogP contribution in [0.5, 0.6) is 0 Å². The zero-order valence-electron chi connectivity index (χ0n) is 26.6. The molecule has 0 saturated carbocycles. The van der Waals surface area contributed by atoms with Crippen LogP contribution in [0.4, 0.5) is 0 Å². The number of rotatable bonds is 4. The summed E-state index contributed by atoms with van der Waals surface area (Å²) >= 11 is -1.72. The maximum absolute atomic E-state index is 6.21. The Balaban J connectivity index is 0.000000187. The van der Waals surface area contributed by atoms with Crippen molar-refractivity contribution in [1.82, 2.24) is 19.5 Å². The van der Waals surface area contributed by atoms with Crippen molar-refractivity contribution in [2.24, 2.45) is 0 Å². The van der Waals surface area contributed by atoms with Gasteiger partial charge in [-0.05, 0) is 37.4 Å². The second-order valence-corrected chi connectivity index (χ2v) is 22.9. The first-order chi connectivity index (χ1) is 21.8. The van der Waals surface area contributed by atoms with Crippen LogP contribution in [0.1, 0.15) is 12.6 Å². The molecule has 7 heteroatoms. The van der Waals surface area contributed by atoms with Crippen molar-refractivity contribution in [3.63, 3.8) is 0 Å².